The lowest BCUT2D eigenvalue weighted by atomic mass is 10.2. The molecule has 22 heavy (non-hydrogen) atoms. The third-order valence-electron chi connectivity index (χ3n) is 4.06. The first kappa shape index (κ1) is 15.2. The van der Waals surface area contributed by atoms with Crippen LogP contribution >= 0.6 is 11.3 Å². The summed E-state index contributed by atoms with van der Waals surface area (Å²) in [7, 11) is 0. The summed E-state index contributed by atoms with van der Waals surface area (Å²) in [5.41, 5.74) is 0.916. The van der Waals surface area contributed by atoms with E-state index < -0.39 is 0 Å². The molecule has 2 aromatic heterocycles. The highest BCUT2D eigenvalue weighted by molar-refractivity contribution is 7.20. The van der Waals surface area contributed by atoms with E-state index in [9.17, 15) is 4.79 Å². The number of hydrogen-bond donors (Lipinski definition) is 1. The third kappa shape index (κ3) is 2.79. The second-order valence-electron chi connectivity index (χ2n) is 5.70. The van der Waals surface area contributed by atoms with Gasteiger partial charge in [0, 0.05) is 6.04 Å². The number of thiophene rings is 1. The Labute approximate surface area is 134 Å². The molecule has 2 aromatic rings. The van der Waals surface area contributed by atoms with Crippen molar-refractivity contribution in [2.75, 3.05) is 11.9 Å². The van der Waals surface area contributed by atoms with E-state index in [0.29, 0.717) is 17.5 Å². The Morgan fingerprint density at radius 1 is 1.32 bits per heavy atom. The standard InChI is InChI=1S/C16H21N3O2S/c1-4-21-16(20)13-9(2)12-14(19-11-7-5-6-8-11)17-10(3)18-15(12)22-13/h11H,4-8H2,1-3H3,(H,17,18,19). The molecule has 0 aromatic carbocycles. The van der Waals surface area contributed by atoms with Crippen molar-refractivity contribution in [2.24, 2.45) is 0 Å². The first-order chi connectivity index (χ1) is 10.6. The molecule has 0 unspecified atom stereocenters. The Morgan fingerprint density at radius 2 is 2.05 bits per heavy atom. The molecule has 0 saturated heterocycles. The smallest absolute Gasteiger partial charge is 0.348 e. The van der Waals surface area contributed by atoms with Crippen molar-refractivity contribution in [3.63, 3.8) is 0 Å². The summed E-state index contributed by atoms with van der Waals surface area (Å²) in [6, 6.07) is 0.475. The minimum atomic E-state index is -0.271. The van der Waals surface area contributed by atoms with Crippen molar-refractivity contribution in [3.05, 3.63) is 16.3 Å². The van der Waals surface area contributed by atoms with Crippen LogP contribution in [0.3, 0.4) is 0 Å². The third-order valence-corrected chi connectivity index (χ3v) is 5.22. The van der Waals surface area contributed by atoms with Crippen LogP contribution in [-0.2, 0) is 4.74 Å². The number of carbonyl (C=O) groups is 1. The predicted molar refractivity (Wildman–Crippen MR) is 88.7 cm³/mol. The van der Waals surface area contributed by atoms with Gasteiger partial charge in [0.1, 0.15) is 21.3 Å². The number of fused-ring (bicyclic) bond motifs is 1. The Morgan fingerprint density at radius 3 is 2.73 bits per heavy atom. The molecule has 0 amide bonds. The molecule has 0 radical (unpaired) electrons. The fourth-order valence-electron chi connectivity index (χ4n) is 3.00. The van der Waals surface area contributed by atoms with Crippen molar-refractivity contribution in [3.8, 4) is 0 Å². The molecule has 1 aliphatic carbocycles. The molecule has 0 aliphatic heterocycles. The zero-order valence-corrected chi connectivity index (χ0v) is 14.0. The fraction of sp³-hybridized carbons (Fsp3) is 0.562. The van der Waals surface area contributed by atoms with E-state index in [-0.39, 0.29) is 5.97 Å². The van der Waals surface area contributed by atoms with Gasteiger partial charge in [-0.3, -0.25) is 0 Å². The van der Waals surface area contributed by atoms with Crippen LogP contribution in [0.2, 0.25) is 0 Å². The van der Waals surface area contributed by atoms with Crippen LogP contribution in [0.4, 0.5) is 5.82 Å². The lowest BCUT2D eigenvalue weighted by Crippen LogP contribution is -2.16. The average Bonchev–Trinajstić information content (AvgIpc) is 3.07. The van der Waals surface area contributed by atoms with Crippen molar-refractivity contribution in [2.45, 2.75) is 52.5 Å². The second-order valence-corrected chi connectivity index (χ2v) is 6.70. The van der Waals surface area contributed by atoms with Crippen molar-refractivity contribution in [1.29, 1.82) is 0 Å². The van der Waals surface area contributed by atoms with E-state index in [0.717, 1.165) is 27.4 Å². The first-order valence-electron chi connectivity index (χ1n) is 7.81. The van der Waals surface area contributed by atoms with Gasteiger partial charge in [0.05, 0.1) is 12.0 Å². The molecule has 2 heterocycles. The number of nitrogens with one attached hydrogen (secondary N) is 1. The van der Waals surface area contributed by atoms with Gasteiger partial charge >= 0.3 is 5.97 Å². The second kappa shape index (κ2) is 6.20. The monoisotopic (exact) mass is 319 g/mol. The maximum atomic E-state index is 12.1. The summed E-state index contributed by atoms with van der Waals surface area (Å²) in [5.74, 6) is 1.32. The number of ether oxygens (including phenoxy) is 1. The van der Waals surface area contributed by atoms with Crippen molar-refractivity contribution >= 4 is 33.3 Å². The average molecular weight is 319 g/mol. The van der Waals surface area contributed by atoms with Crippen molar-refractivity contribution in [1.82, 2.24) is 9.97 Å². The van der Waals surface area contributed by atoms with Crippen LogP contribution < -0.4 is 5.32 Å². The lowest BCUT2D eigenvalue weighted by molar-refractivity contribution is 0.0531. The van der Waals surface area contributed by atoms with Gasteiger partial charge in [-0.15, -0.1) is 11.3 Å². The van der Waals surface area contributed by atoms with Gasteiger partial charge in [0.15, 0.2) is 0 Å². The van der Waals surface area contributed by atoms with Gasteiger partial charge < -0.3 is 10.1 Å². The molecule has 1 N–H and O–H groups in total. The topological polar surface area (TPSA) is 64.1 Å². The number of aromatic nitrogens is 2. The quantitative estimate of drug-likeness (QED) is 0.867. The molecule has 3 rings (SSSR count). The molecule has 1 saturated carbocycles. The van der Waals surface area contributed by atoms with Gasteiger partial charge in [0.2, 0.25) is 0 Å². The van der Waals surface area contributed by atoms with Crippen LogP contribution in [0.15, 0.2) is 0 Å². The predicted octanol–water partition coefficient (Wildman–Crippen LogP) is 3.84. The van der Waals surface area contributed by atoms with Gasteiger partial charge in [-0.2, -0.15) is 0 Å². The molecular weight excluding hydrogens is 298 g/mol. The summed E-state index contributed by atoms with van der Waals surface area (Å²) in [6.45, 7) is 6.03. The maximum absolute atomic E-state index is 12.1. The Hall–Kier alpha value is -1.69. The molecule has 0 bridgehead atoms. The van der Waals surface area contributed by atoms with E-state index in [4.69, 9.17) is 4.74 Å². The summed E-state index contributed by atoms with van der Waals surface area (Å²) in [4.78, 5) is 22.7. The number of aryl methyl sites for hydroxylation is 2. The summed E-state index contributed by atoms with van der Waals surface area (Å²) < 4.78 is 5.14. The molecular formula is C16H21N3O2S. The molecule has 1 aliphatic rings. The number of nitrogens with zero attached hydrogens (tertiary/aromatic N) is 2. The maximum Gasteiger partial charge on any atom is 0.348 e. The number of rotatable bonds is 4. The van der Waals surface area contributed by atoms with Gasteiger partial charge in [-0.05, 0) is 39.2 Å². The number of anilines is 1. The Kier molecular flexibility index (Phi) is 4.29. The first-order valence-corrected chi connectivity index (χ1v) is 8.63. The Balaban J connectivity index is 2.05. The van der Waals surface area contributed by atoms with Gasteiger partial charge in [-0.1, -0.05) is 12.8 Å². The zero-order valence-electron chi connectivity index (χ0n) is 13.2. The zero-order chi connectivity index (χ0) is 15.7. The van der Waals surface area contributed by atoms with Crippen LogP contribution in [-0.4, -0.2) is 28.6 Å². The van der Waals surface area contributed by atoms with Crippen molar-refractivity contribution < 1.29 is 9.53 Å². The molecule has 118 valence electrons. The highest BCUT2D eigenvalue weighted by atomic mass is 32.1. The van der Waals surface area contributed by atoms with E-state index in [1.807, 2.05) is 20.8 Å². The minimum Gasteiger partial charge on any atom is -0.462 e. The molecule has 6 heteroatoms. The normalized spacial score (nSPS) is 15.4. The van der Waals surface area contributed by atoms with Crippen LogP contribution in [0.1, 0.15) is 53.7 Å². The number of carbonyl (C=O) groups excluding carboxylic acids is 1. The summed E-state index contributed by atoms with van der Waals surface area (Å²) in [6.07, 6.45) is 4.89. The SMILES string of the molecule is CCOC(=O)c1sc2nc(C)nc(NC3CCCC3)c2c1C. The van der Waals surface area contributed by atoms with E-state index in [1.54, 1.807) is 0 Å². The largest absolute Gasteiger partial charge is 0.462 e. The van der Waals surface area contributed by atoms with E-state index in [1.165, 1.54) is 37.0 Å². The lowest BCUT2D eigenvalue weighted by Gasteiger charge is -2.14. The molecule has 0 spiro atoms. The van der Waals surface area contributed by atoms with Crippen LogP contribution in [0.25, 0.3) is 10.2 Å². The highest BCUT2D eigenvalue weighted by Gasteiger charge is 2.23. The summed E-state index contributed by atoms with van der Waals surface area (Å²) >= 11 is 1.39. The molecule has 5 nitrogen and oxygen atoms in total. The van der Waals surface area contributed by atoms with E-state index in [2.05, 4.69) is 15.3 Å². The van der Waals surface area contributed by atoms with Crippen LogP contribution in [0.5, 0.6) is 0 Å². The van der Waals surface area contributed by atoms with Gasteiger partial charge in [-0.25, -0.2) is 14.8 Å². The number of hydrogen-bond acceptors (Lipinski definition) is 6. The molecule has 0 atom stereocenters. The highest BCUT2D eigenvalue weighted by Crippen LogP contribution is 2.35. The van der Waals surface area contributed by atoms with Gasteiger partial charge in [0.25, 0.3) is 0 Å². The van der Waals surface area contributed by atoms with Crippen LogP contribution in [0, 0.1) is 13.8 Å². The molecule has 1 fully saturated rings. The number of esters is 1. The van der Waals surface area contributed by atoms with E-state index >= 15 is 0 Å². The Bertz CT molecular complexity index is 705. The minimum absolute atomic E-state index is 0.271. The fourth-order valence-corrected chi connectivity index (χ4v) is 4.13. The summed E-state index contributed by atoms with van der Waals surface area (Å²) in [5, 5.41) is 4.52.